The maximum Gasteiger partial charge on any atom is 0.247 e. The SMILES string of the molecule is C=CC(=O)Nc1cc(N2C[C@H](CS(C)(=O)=O)[C@H]2C)c2cnc(Nc3ccnc(N4CC[C@@H](O)[C@H](F)C4)n3)cc2c1C(C)C. The first-order valence-corrected chi connectivity index (χ1v) is 16.4. The summed E-state index contributed by atoms with van der Waals surface area (Å²) in [6.45, 7) is 10.7. The van der Waals surface area contributed by atoms with E-state index in [0.717, 1.165) is 22.0 Å². The van der Waals surface area contributed by atoms with E-state index < -0.39 is 22.1 Å². The minimum atomic E-state index is -3.12. The molecule has 0 saturated carbocycles. The summed E-state index contributed by atoms with van der Waals surface area (Å²) >= 11 is 0. The molecule has 1 amide bonds. The van der Waals surface area contributed by atoms with E-state index in [1.54, 1.807) is 23.4 Å². The van der Waals surface area contributed by atoms with Crippen LogP contribution in [0.25, 0.3) is 10.8 Å². The number of alkyl halides is 1. The van der Waals surface area contributed by atoms with Gasteiger partial charge in [0.1, 0.15) is 27.6 Å². The van der Waals surface area contributed by atoms with Crippen LogP contribution in [0.3, 0.4) is 0 Å². The lowest BCUT2D eigenvalue weighted by Gasteiger charge is -2.48. The Hall–Kier alpha value is -3.84. The summed E-state index contributed by atoms with van der Waals surface area (Å²) in [4.78, 5) is 29.8. The highest BCUT2D eigenvalue weighted by molar-refractivity contribution is 7.90. The third-order valence-electron chi connectivity index (χ3n) is 8.18. The zero-order valence-electron chi connectivity index (χ0n) is 24.8. The minimum Gasteiger partial charge on any atom is -0.390 e. The molecule has 13 heteroatoms. The van der Waals surface area contributed by atoms with E-state index in [0.29, 0.717) is 42.8 Å². The van der Waals surface area contributed by atoms with E-state index in [1.165, 1.54) is 12.3 Å². The van der Waals surface area contributed by atoms with E-state index in [1.807, 2.05) is 32.9 Å². The Kier molecular flexibility index (Phi) is 8.57. The fourth-order valence-corrected chi connectivity index (χ4v) is 7.06. The zero-order chi connectivity index (χ0) is 31.1. The van der Waals surface area contributed by atoms with Crippen LogP contribution in [-0.2, 0) is 14.6 Å². The standard InChI is InChI=1S/C30H38FN7O4S/c1-6-28(40)34-23-12-24(38-14-19(18(38)4)16-43(5,41)42)21-13-33-27(11-20(21)29(23)17(2)3)35-26-7-9-32-30(36-26)37-10-8-25(39)22(31)15-37/h6-7,9,11-13,17-19,22,25,39H,1,8,10,14-16H2,2-5H3,(H,34,40)(H,32,33,35,36)/t18-,19-,22-,25-/m1/s1. The fraction of sp³-hybridized carbons (Fsp3) is 0.467. The number of amides is 1. The van der Waals surface area contributed by atoms with Crippen molar-refractivity contribution in [2.24, 2.45) is 5.92 Å². The molecular formula is C30H38FN7O4S. The Morgan fingerprint density at radius 1 is 1.23 bits per heavy atom. The van der Waals surface area contributed by atoms with E-state index in [4.69, 9.17) is 0 Å². The summed E-state index contributed by atoms with van der Waals surface area (Å²) in [6, 6.07) is 5.52. The van der Waals surface area contributed by atoms with Crippen LogP contribution in [0.1, 0.15) is 38.7 Å². The quantitative estimate of drug-likeness (QED) is 0.306. The van der Waals surface area contributed by atoms with E-state index >= 15 is 0 Å². The van der Waals surface area contributed by atoms with Gasteiger partial charge >= 0.3 is 0 Å². The maximum atomic E-state index is 14.1. The molecular weight excluding hydrogens is 573 g/mol. The number of carbonyl (C=O) groups excluding carboxylic acids is 1. The highest BCUT2D eigenvalue weighted by Gasteiger charge is 2.39. The lowest BCUT2D eigenvalue weighted by Crippen LogP contribution is -2.57. The number of carbonyl (C=O) groups is 1. The van der Waals surface area contributed by atoms with Crippen LogP contribution >= 0.6 is 0 Å². The number of fused-ring (bicyclic) bond motifs is 1. The van der Waals surface area contributed by atoms with Crippen LogP contribution in [0.5, 0.6) is 0 Å². The van der Waals surface area contributed by atoms with Crippen LogP contribution in [-0.4, -0.2) is 84.3 Å². The first-order valence-electron chi connectivity index (χ1n) is 14.4. The molecule has 0 unspecified atom stereocenters. The van der Waals surface area contributed by atoms with Crippen molar-refractivity contribution in [1.29, 1.82) is 0 Å². The number of hydrogen-bond donors (Lipinski definition) is 3. The Morgan fingerprint density at radius 3 is 2.65 bits per heavy atom. The Morgan fingerprint density at radius 2 is 2.00 bits per heavy atom. The molecule has 5 rings (SSSR count). The van der Waals surface area contributed by atoms with Gasteiger partial charge in [-0.15, -0.1) is 0 Å². The van der Waals surface area contributed by atoms with Crippen molar-refractivity contribution in [3.8, 4) is 0 Å². The van der Waals surface area contributed by atoms with Crippen molar-refractivity contribution < 1.29 is 22.7 Å². The molecule has 1 aromatic carbocycles. The van der Waals surface area contributed by atoms with Crippen molar-refractivity contribution in [2.45, 2.75) is 51.4 Å². The van der Waals surface area contributed by atoms with Crippen LogP contribution in [0, 0.1) is 5.92 Å². The second kappa shape index (κ2) is 12.0. The third-order valence-corrected chi connectivity index (χ3v) is 9.22. The number of aliphatic hydroxyl groups excluding tert-OH is 1. The molecule has 11 nitrogen and oxygen atoms in total. The normalized spacial score (nSPS) is 22.4. The summed E-state index contributed by atoms with van der Waals surface area (Å²) in [5.41, 5.74) is 2.42. The molecule has 4 heterocycles. The molecule has 2 fully saturated rings. The first-order chi connectivity index (χ1) is 20.3. The lowest BCUT2D eigenvalue weighted by atomic mass is 9.88. The molecule has 0 aliphatic carbocycles. The second-order valence-electron chi connectivity index (χ2n) is 11.8. The molecule has 43 heavy (non-hydrogen) atoms. The van der Waals surface area contributed by atoms with Crippen molar-refractivity contribution in [1.82, 2.24) is 15.0 Å². The Labute approximate surface area is 251 Å². The van der Waals surface area contributed by atoms with Gasteiger partial charge < -0.3 is 25.5 Å². The number of piperidine rings is 1. The second-order valence-corrected chi connectivity index (χ2v) is 13.9. The maximum absolute atomic E-state index is 14.1. The van der Waals surface area contributed by atoms with Gasteiger partial charge in [-0.2, -0.15) is 4.98 Å². The molecule has 3 aromatic rings. The summed E-state index contributed by atoms with van der Waals surface area (Å²) in [5.74, 6) is 1.16. The third kappa shape index (κ3) is 6.57. The smallest absolute Gasteiger partial charge is 0.247 e. The van der Waals surface area contributed by atoms with Crippen molar-refractivity contribution in [2.75, 3.05) is 52.1 Å². The average Bonchev–Trinajstić information content (AvgIpc) is 2.95. The molecule has 2 aliphatic rings. The molecule has 0 bridgehead atoms. The Balaban J connectivity index is 1.52. The summed E-state index contributed by atoms with van der Waals surface area (Å²) < 4.78 is 38.1. The number of halogens is 1. The van der Waals surface area contributed by atoms with Gasteiger partial charge in [0.2, 0.25) is 11.9 Å². The highest BCUT2D eigenvalue weighted by Crippen LogP contribution is 2.43. The molecule has 0 radical (unpaired) electrons. The molecule has 230 valence electrons. The lowest BCUT2D eigenvalue weighted by molar-refractivity contribution is -0.111. The van der Waals surface area contributed by atoms with E-state index in [9.17, 15) is 22.7 Å². The summed E-state index contributed by atoms with van der Waals surface area (Å²) in [5, 5.41) is 17.7. The number of pyridine rings is 1. The molecule has 2 aliphatic heterocycles. The largest absolute Gasteiger partial charge is 0.390 e. The summed E-state index contributed by atoms with van der Waals surface area (Å²) in [7, 11) is -3.12. The van der Waals surface area contributed by atoms with Gasteiger partial charge in [-0.1, -0.05) is 20.4 Å². The zero-order valence-corrected chi connectivity index (χ0v) is 25.6. The van der Waals surface area contributed by atoms with Gasteiger partial charge in [-0.05, 0) is 54.5 Å². The van der Waals surface area contributed by atoms with E-state index in [-0.39, 0.29) is 36.1 Å². The molecule has 3 N–H and O–H groups in total. The molecule has 2 saturated heterocycles. The number of nitrogens with one attached hydrogen (secondary N) is 2. The van der Waals surface area contributed by atoms with Crippen molar-refractivity contribution in [3.05, 3.63) is 48.8 Å². The summed E-state index contributed by atoms with van der Waals surface area (Å²) in [6.07, 6.45) is 3.79. The fourth-order valence-electron chi connectivity index (χ4n) is 5.90. The van der Waals surface area contributed by atoms with Gasteiger partial charge in [0.15, 0.2) is 0 Å². The number of aromatic nitrogens is 3. The number of anilines is 5. The molecule has 2 aromatic heterocycles. The van der Waals surface area contributed by atoms with Crippen molar-refractivity contribution >= 4 is 55.5 Å². The highest BCUT2D eigenvalue weighted by atomic mass is 32.2. The van der Waals surface area contributed by atoms with Gasteiger partial charge in [0, 0.05) is 60.5 Å². The van der Waals surface area contributed by atoms with Gasteiger partial charge in [0.25, 0.3) is 0 Å². The number of benzene rings is 1. The predicted octanol–water partition coefficient (Wildman–Crippen LogP) is 3.79. The van der Waals surface area contributed by atoms with E-state index in [2.05, 4.69) is 37.1 Å². The Bertz CT molecular complexity index is 1650. The van der Waals surface area contributed by atoms with Gasteiger partial charge in [-0.25, -0.2) is 22.8 Å². The number of hydrogen-bond acceptors (Lipinski definition) is 10. The van der Waals surface area contributed by atoms with Gasteiger partial charge in [0.05, 0.1) is 18.4 Å². The average molecular weight is 612 g/mol. The number of rotatable bonds is 9. The van der Waals surface area contributed by atoms with Crippen LogP contribution in [0.15, 0.2) is 43.2 Å². The van der Waals surface area contributed by atoms with Crippen LogP contribution in [0.2, 0.25) is 0 Å². The molecule has 0 spiro atoms. The van der Waals surface area contributed by atoms with Crippen LogP contribution < -0.4 is 20.4 Å². The number of sulfone groups is 1. The number of nitrogens with zero attached hydrogens (tertiary/aromatic N) is 5. The first kappa shape index (κ1) is 30.6. The molecule has 4 atom stereocenters. The topological polar surface area (TPSA) is 141 Å². The monoisotopic (exact) mass is 611 g/mol. The van der Waals surface area contributed by atoms with Crippen molar-refractivity contribution in [3.63, 3.8) is 0 Å². The number of aliphatic hydroxyl groups is 1. The predicted molar refractivity (Wildman–Crippen MR) is 168 cm³/mol. The minimum absolute atomic E-state index is 0.00209. The van der Waals surface area contributed by atoms with Crippen LogP contribution in [0.4, 0.5) is 33.3 Å². The van der Waals surface area contributed by atoms with Gasteiger partial charge in [-0.3, -0.25) is 4.79 Å².